The van der Waals surface area contributed by atoms with Crippen molar-refractivity contribution >= 4 is 5.69 Å². The summed E-state index contributed by atoms with van der Waals surface area (Å²) in [7, 11) is 0. The normalized spacial score (nSPS) is 21.4. The second-order valence-corrected chi connectivity index (χ2v) is 4.46. The van der Waals surface area contributed by atoms with E-state index in [1.54, 1.807) is 12.1 Å². The lowest BCUT2D eigenvalue weighted by molar-refractivity contribution is 0.0275. The average molecular weight is 249 g/mol. The third-order valence-electron chi connectivity index (χ3n) is 3.12. The molecule has 18 heavy (non-hydrogen) atoms. The summed E-state index contributed by atoms with van der Waals surface area (Å²) in [6.07, 6.45) is -0.0893. The van der Waals surface area contributed by atoms with Crippen molar-refractivity contribution in [2.75, 3.05) is 24.6 Å². The number of hydrogen-bond acceptors (Lipinski definition) is 4. The third-order valence-corrected chi connectivity index (χ3v) is 3.12. The van der Waals surface area contributed by atoms with Crippen molar-refractivity contribution in [1.82, 2.24) is 0 Å². The van der Waals surface area contributed by atoms with E-state index in [1.807, 2.05) is 17.9 Å². The van der Waals surface area contributed by atoms with Crippen LogP contribution in [0.3, 0.4) is 0 Å². The molecule has 2 N–H and O–H groups in total. The molecule has 0 amide bonds. The standard InChI is InChI=1S/C13H16FN3O/c1-9(16)13-8-17(5-6-18-13)12-4-2-3-11(14)10(12)7-15/h2-4,9,13H,5-6,8,16H2,1H3. The first-order valence-corrected chi connectivity index (χ1v) is 5.94. The molecule has 1 aromatic rings. The maximum atomic E-state index is 13.6. The Morgan fingerprint density at radius 3 is 3.06 bits per heavy atom. The first-order chi connectivity index (χ1) is 8.63. The van der Waals surface area contributed by atoms with E-state index in [1.165, 1.54) is 6.07 Å². The number of ether oxygens (including phenoxy) is 1. The van der Waals surface area contributed by atoms with E-state index < -0.39 is 5.82 Å². The molecule has 2 atom stereocenters. The zero-order valence-corrected chi connectivity index (χ0v) is 10.3. The highest BCUT2D eigenvalue weighted by atomic mass is 19.1. The summed E-state index contributed by atoms with van der Waals surface area (Å²) in [6.45, 7) is 3.63. The van der Waals surface area contributed by atoms with Crippen molar-refractivity contribution in [3.05, 3.63) is 29.6 Å². The molecule has 1 saturated heterocycles. The van der Waals surface area contributed by atoms with E-state index >= 15 is 0 Å². The Kier molecular flexibility index (Phi) is 3.80. The molecule has 0 aliphatic carbocycles. The van der Waals surface area contributed by atoms with Gasteiger partial charge in [-0.2, -0.15) is 5.26 Å². The summed E-state index contributed by atoms with van der Waals surface area (Å²) in [5.41, 5.74) is 6.52. The molecule has 5 heteroatoms. The molecule has 1 heterocycles. The number of morpholine rings is 1. The maximum absolute atomic E-state index is 13.6. The third kappa shape index (κ3) is 2.45. The second-order valence-electron chi connectivity index (χ2n) is 4.46. The number of hydrogen-bond donors (Lipinski definition) is 1. The lowest BCUT2D eigenvalue weighted by Crippen LogP contribution is -2.49. The van der Waals surface area contributed by atoms with Crippen LogP contribution in [0.25, 0.3) is 0 Å². The first kappa shape index (κ1) is 12.8. The SMILES string of the molecule is CC(N)C1CN(c2cccc(F)c2C#N)CCO1. The van der Waals surface area contributed by atoms with E-state index in [9.17, 15) is 4.39 Å². The lowest BCUT2D eigenvalue weighted by atomic mass is 10.1. The minimum Gasteiger partial charge on any atom is -0.373 e. The molecule has 0 aromatic heterocycles. The molecular weight excluding hydrogens is 233 g/mol. The van der Waals surface area contributed by atoms with Gasteiger partial charge >= 0.3 is 0 Å². The van der Waals surface area contributed by atoms with E-state index in [0.717, 1.165) is 0 Å². The van der Waals surface area contributed by atoms with Gasteiger partial charge in [-0.3, -0.25) is 0 Å². The van der Waals surface area contributed by atoms with Crippen LogP contribution in [0.1, 0.15) is 12.5 Å². The van der Waals surface area contributed by atoms with Gasteiger partial charge in [-0.05, 0) is 19.1 Å². The summed E-state index contributed by atoms with van der Waals surface area (Å²) >= 11 is 0. The molecule has 0 spiro atoms. The second kappa shape index (κ2) is 5.34. The van der Waals surface area contributed by atoms with Crippen molar-refractivity contribution in [3.8, 4) is 6.07 Å². The van der Waals surface area contributed by atoms with Crippen molar-refractivity contribution in [2.45, 2.75) is 19.1 Å². The molecule has 0 radical (unpaired) electrons. The summed E-state index contributed by atoms with van der Waals surface area (Å²) in [5.74, 6) is -0.487. The lowest BCUT2D eigenvalue weighted by Gasteiger charge is -2.36. The number of rotatable bonds is 2. The smallest absolute Gasteiger partial charge is 0.143 e. The Morgan fingerprint density at radius 1 is 1.61 bits per heavy atom. The number of halogens is 1. The molecule has 1 fully saturated rings. The van der Waals surface area contributed by atoms with Crippen molar-refractivity contribution in [3.63, 3.8) is 0 Å². The van der Waals surface area contributed by atoms with Crippen LogP contribution in [0.4, 0.5) is 10.1 Å². The number of nitrogens with two attached hydrogens (primary N) is 1. The zero-order chi connectivity index (χ0) is 13.1. The molecule has 1 aliphatic heterocycles. The fraction of sp³-hybridized carbons (Fsp3) is 0.462. The average Bonchev–Trinajstić information content (AvgIpc) is 2.38. The van der Waals surface area contributed by atoms with Gasteiger partial charge in [0, 0.05) is 19.1 Å². The van der Waals surface area contributed by atoms with Crippen LogP contribution in [0.5, 0.6) is 0 Å². The molecule has 2 unspecified atom stereocenters. The number of benzene rings is 1. The van der Waals surface area contributed by atoms with Gasteiger partial charge in [0.05, 0.1) is 18.4 Å². The fourth-order valence-electron chi connectivity index (χ4n) is 2.10. The van der Waals surface area contributed by atoms with Crippen LogP contribution in [-0.2, 0) is 4.74 Å². The van der Waals surface area contributed by atoms with Crippen molar-refractivity contribution < 1.29 is 9.13 Å². The Morgan fingerprint density at radius 2 is 2.39 bits per heavy atom. The summed E-state index contributed by atoms with van der Waals surface area (Å²) < 4.78 is 19.1. The van der Waals surface area contributed by atoms with Crippen LogP contribution < -0.4 is 10.6 Å². The summed E-state index contributed by atoms with van der Waals surface area (Å²) in [5, 5.41) is 9.03. The van der Waals surface area contributed by atoms with Gasteiger partial charge in [0.2, 0.25) is 0 Å². The van der Waals surface area contributed by atoms with Gasteiger partial charge < -0.3 is 15.4 Å². The molecule has 4 nitrogen and oxygen atoms in total. The molecule has 96 valence electrons. The number of nitriles is 1. The molecular formula is C13H16FN3O. The Hall–Kier alpha value is -1.64. The molecule has 0 bridgehead atoms. The molecule has 2 rings (SSSR count). The van der Waals surface area contributed by atoms with E-state index in [2.05, 4.69) is 0 Å². The highest BCUT2D eigenvalue weighted by Crippen LogP contribution is 2.24. The monoisotopic (exact) mass is 249 g/mol. The highest BCUT2D eigenvalue weighted by Gasteiger charge is 2.25. The quantitative estimate of drug-likeness (QED) is 0.856. The van der Waals surface area contributed by atoms with Crippen LogP contribution in [0.2, 0.25) is 0 Å². The van der Waals surface area contributed by atoms with Crippen LogP contribution >= 0.6 is 0 Å². The topological polar surface area (TPSA) is 62.3 Å². The van der Waals surface area contributed by atoms with Gasteiger partial charge in [-0.1, -0.05) is 6.07 Å². The predicted molar refractivity (Wildman–Crippen MR) is 66.7 cm³/mol. The van der Waals surface area contributed by atoms with Crippen LogP contribution in [0.15, 0.2) is 18.2 Å². The number of nitrogens with zero attached hydrogens (tertiary/aromatic N) is 2. The van der Waals surface area contributed by atoms with E-state index in [-0.39, 0.29) is 17.7 Å². The van der Waals surface area contributed by atoms with Gasteiger partial charge in [0.25, 0.3) is 0 Å². The fourth-order valence-corrected chi connectivity index (χ4v) is 2.10. The maximum Gasteiger partial charge on any atom is 0.143 e. The van der Waals surface area contributed by atoms with Crippen LogP contribution in [0, 0.1) is 17.1 Å². The summed E-state index contributed by atoms with van der Waals surface area (Å²) in [6, 6.07) is 6.49. The van der Waals surface area contributed by atoms with E-state index in [0.29, 0.717) is 25.4 Å². The Labute approximate surface area is 106 Å². The first-order valence-electron chi connectivity index (χ1n) is 5.94. The predicted octanol–water partition coefficient (Wildman–Crippen LogP) is 1.25. The zero-order valence-electron chi connectivity index (χ0n) is 10.3. The molecule has 1 aromatic carbocycles. The van der Waals surface area contributed by atoms with Crippen molar-refractivity contribution in [2.24, 2.45) is 5.73 Å². The number of anilines is 1. The van der Waals surface area contributed by atoms with Gasteiger partial charge in [-0.15, -0.1) is 0 Å². The minimum absolute atomic E-state index is 0.0859. The Bertz CT molecular complexity index is 470. The largest absolute Gasteiger partial charge is 0.373 e. The van der Waals surface area contributed by atoms with E-state index in [4.69, 9.17) is 15.7 Å². The minimum atomic E-state index is -0.487. The summed E-state index contributed by atoms with van der Waals surface area (Å²) in [4.78, 5) is 1.96. The van der Waals surface area contributed by atoms with Crippen molar-refractivity contribution in [1.29, 1.82) is 5.26 Å². The molecule has 0 saturated carbocycles. The highest BCUT2D eigenvalue weighted by molar-refractivity contribution is 5.60. The van der Waals surface area contributed by atoms with Gasteiger partial charge in [0.1, 0.15) is 17.4 Å². The van der Waals surface area contributed by atoms with Gasteiger partial charge in [0.15, 0.2) is 0 Å². The van der Waals surface area contributed by atoms with Gasteiger partial charge in [-0.25, -0.2) is 4.39 Å². The molecule has 1 aliphatic rings. The Balaban J connectivity index is 2.27. The van der Waals surface area contributed by atoms with Crippen LogP contribution in [-0.4, -0.2) is 31.8 Å².